The fraction of sp³-hybridized carbons (Fsp3) is 1.00. The van der Waals surface area contributed by atoms with Crippen molar-refractivity contribution in [2.45, 2.75) is 64.4 Å². The molecule has 0 aromatic carbocycles. The zero-order valence-corrected chi connectivity index (χ0v) is 10.7. The molecule has 2 aliphatic rings. The average Bonchev–Trinajstić information content (AvgIpc) is 2.43. The van der Waals surface area contributed by atoms with Crippen molar-refractivity contribution in [3.05, 3.63) is 0 Å². The van der Waals surface area contributed by atoms with Gasteiger partial charge in [0.05, 0.1) is 6.10 Å². The lowest BCUT2D eigenvalue weighted by Crippen LogP contribution is -2.57. The Morgan fingerprint density at radius 2 is 1.75 bits per heavy atom. The van der Waals surface area contributed by atoms with Crippen LogP contribution in [-0.2, 0) is 0 Å². The highest BCUT2D eigenvalue weighted by molar-refractivity contribution is 4.96. The van der Waals surface area contributed by atoms with Gasteiger partial charge >= 0.3 is 0 Å². The molecule has 2 rings (SSSR count). The van der Waals surface area contributed by atoms with Crippen LogP contribution in [-0.4, -0.2) is 35.7 Å². The van der Waals surface area contributed by atoms with Crippen LogP contribution in [0.4, 0.5) is 0 Å². The lowest BCUT2D eigenvalue weighted by atomic mass is 9.73. The zero-order valence-electron chi connectivity index (χ0n) is 10.7. The molecule has 0 radical (unpaired) electrons. The van der Waals surface area contributed by atoms with E-state index < -0.39 is 0 Å². The van der Waals surface area contributed by atoms with Crippen LogP contribution < -0.4 is 0 Å². The summed E-state index contributed by atoms with van der Waals surface area (Å²) in [5.74, 6) is 0. The number of hydrogen-bond acceptors (Lipinski definition) is 2. The van der Waals surface area contributed by atoms with Crippen LogP contribution in [0.5, 0.6) is 0 Å². The van der Waals surface area contributed by atoms with Gasteiger partial charge in [0.2, 0.25) is 0 Å². The van der Waals surface area contributed by atoms with Crippen LogP contribution in [0.3, 0.4) is 0 Å². The lowest BCUT2D eigenvalue weighted by Gasteiger charge is -2.51. The SMILES string of the molecule is CCCC(O)CN1CC2(CCCCCC2)C1. The minimum Gasteiger partial charge on any atom is -0.392 e. The molecule has 2 fully saturated rings. The van der Waals surface area contributed by atoms with Gasteiger partial charge in [0.15, 0.2) is 0 Å². The Balaban J connectivity index is 1.71. The summed E-state index contributed by atoms with van der Waals surface area (Å²) >= 11 is 0. The van der Waals surface area contributed by atoms with Crippen molar-refractivity contribution in [3.8, 4) is 0 Å². The predicted octanol–water partition coefficient (Wildman–Crippen LogP) is 2.80. The third kappa shape index (κ3) is 2.98. The second kappa shape index (κ2) is 5.50. The van der Waals surface area contributed by atoms with Crippen molar-refractivity contribution >= 4 is 0 Å². The standard InChI is InChI=1S/C14H27NO/c1-2-7-13(16)10-15-11-14(12-15)8-5-3-4-6-9-14/h13,16H,2-12H2,1H3. The molecule has 1 aliphatic carbocycles. The van der Waals surface area contributed by atoms with Gasteiger partial charge in [-0.15, -0.1) is 0 Å². The highest BCUT2D eigenvalue weighted by atomic mass is 16.3. The summed E-state index contributed by atoms with van der Waals surface area (Å²) in [4.78, 5) is 2.46. The Hall–Kier alpha value is -0.0800. The van der Waals surface area contributed by atoms with Crippen molar-refractivity contribution < 1.29 is 5.11 Å². The lowest BCUT2D eigenvalue weighted by molar-refractivity contribution is -0.0380. The Labute approximate surface area is 100 Å². The number of nitrogens with zero attached hydrogens (tertiary/aromatic N) is 1. The molecular formula is C14H27NO. The third-order valence-electron chi connectivity index (χ3n) is 4.37. The van der Waals surface area contributed by atoms with Gasteiger partial charge in [0, 0.05) is 19.6 Å². The van der Waals surface area contributed by atoms with E-state index in [1.165, 1.54) is 51.6 Å². The van der Waals surface area contributed by atoms with E-state index in [1.807, 2.05) is 0 Å². The summed E-state index contributed by atoms with van der Waals surface area (Å²) in [6.07, 6.45) is 10.6. The molecule has 1 saturated heterocycles. The topological polar surface area (TPSA) is 23.5 Å². The van der Waals surface area contributed by atoms with Crippen molar-refractivity contribution in [2.75, 3.05) is 19.6 Å². The minimum atomic E-state index is -0.0897. The van der Waals surface area contributed by atoms with Gasteiger partial charge in [0.1, 0.15) is 0 Å². The van der Waals surface area contributed by atoms with Gasteiger partial charge in [-0.2, -0.15) is 0 Å². The Morgan fingerprint density at radius 3 is 2.31 bits per heavy atom. The molecule has 0 amide bonds. The maximum atomic E-state index is 9.79. The number of aliphatic hydroxyl groups is 1. The molecule has 1 atom stereocenters. The first-order valence-corrected chi connectivity index (χ1v) is 7.14. The van der Waals surface area contributed by atoms with E-state index in [9.17, 15) is 5.11 Å². The molecule has 94 valence electrons. The van der Waals surface area contributed by atoms with Gasteiger partial charge in [-0.1, -0.05) is 39.0 Å². The molecule has 16 heavy (non-hydrogen) atoms. The summed E-state index contributed by atoms with van der Waals surface area (Å²) < 4.78 is 0. The average molecular weight is 225 g/mol. The quantitative estimate of drug-likeness (QED) is 0.795. The molecule has 1 N–H and O–H groups in total. The molecule has 2 nitrogen and oxygen atoms in total. The van der Waals surface area contributed by atoms with Gasteiger partial charge in [0.25, 0.3) is 0 Å². The fourth-order valence-corrected chi connectivity index (χ4v) is 3.55. The van der Waals surface area contributed by atoms with Crippen LogP contribution in [0.25, 0.3) is 0 Å². The monoisotopic (exact) mass is 225 g/mol. The van der Waals surface area contributed by atoms with Crippen molar-refractivity contribution in [1.82, 2.24) is 4.90 Å². The smallest absolute Gasteiger partial charge is 0.0667 e. The summed E-state index contributed by atoms with van der Waals surface area (Å²) in [5, 5.41) is 9.79. The first-order chi connectivity index (χ1) is 7.74. The number of rotatable bonds is 4. The fourth-order valence-electron chi connectivity index (χ4n) is 3.55. The number of β-amino-alcohol motifs (C(OH)–C–C–N with tert-alkyl or cyclic N) is 1. The molecule has 2 heteroatoms. The van der Waals surface area contributed by atoms with Gasteiger partial charge < -0.3 is 5.11 Å². The summed E-state index contributed by atoms with van der Waals surface area (Å²) in [6.45, 7) is 5.57. The van der Waals surface area contributed by atoms with Crippen LogP contribution in [0.15, 0.2) is 0 Å². The van der Waals surface area contributed by atoms with E-state index in [4.69, 9.17) is 0 Å². The second-order valence-corrected chi connectivity index (χ2v) is 6.03. The highest BCUT2D eigenvalue weighted by Gasteiger charge is 2.42. The summed E-state index contributed by atoms with van der Waals surface area (Å²) in [7, 11) is 0. The van der Waals surface area contributed by atoms with Crippen LogP contribution in [0, 0.1) is 5.41 Å². The Kier molecular flexibility index (Phi) is 4.26. The molecule has 1 saturated carbocycles. The van der Waals surface area contributed by atoms with E-state index in [-0.39, 0.29) is 6.10 Å². The van der Waals surface area contributed by atoms with Crippen LogP contribution in [0.1, 0.15) is 58.3 Å². The van der Waals surface area contributed by atoms with Gasteiger partial charge in [-0.05, 0) is 24.7 Å². The van der Waals surface area contributed by atoms with E-state index in [0.29, 0.717) is 5.41 Å². The first-order valence-electron chi connectivity index (χ1n) is 7.14. The van der Waals surface area contributed by atoms with E-state index in [1.54, 1.807) is 0 Å². The van der Waals surface area contributed by atoms with E-state index >= 15 is 0 Å². The van der Waals surface area contributed by atoms with Crippen molar-refractivity contribution in [1.29, 1.82) is 0 Å². The van der Waals surface area contributed by atoms with E-state index in [0.717, 1.165) is 19.4 Å². The largest absolute Gasteiger partial charge is 0.392 e. The summed E-state index contributed by atoms with van der Waals surface area (Å²) in [5.41, 5.74) is 0.655. The number of aliphatic hydroxyl groups excluding tert-OH is 1. The van der Waals surface area contributed by atoms with Crippen LogP contribution in [0.2, 0.25) is 0 Å². The molecule has 1 heterocycles. The third-order valence-corrected chi connectivity index (χ3v) is 4.37. The normalized spacial score (nSPS) is 27.4. The van der Waals surface area contributed by atoms with Gasteiger partial charge in [-0.3, -0.25) is 4.90 Å². The second-order valence-electron chi connectivity index (χ2n) is 6.03. The van der Waals surface area contributed by atoms with E-state index in [2.05, 4.69) is 11.8 Å². The number of likely N-dealkylation sites (tertiary alicyclic amines) is 1. The molecule has 0 bridgehead atoms. The molecule has 1 unspecified atom stereocenters. The zero-order chi connectivity index (χ0) is 11.4. The molecule has 0 aromatic rings. The Bertz CT molecular complexity index is 201. The maximum Gasteiger partial charge on any atom is 0.0667 e. The number of hydrogen-bond donors (Lipinski definition) is 1. The maximum absolute atomic E-state index is 9.79. The minimum absolute atomic E-state index is 0.0897. The molecule has 1 aliphatic heterocycles. The van der Waals surface area contributed by atoms with Gasteiger partial charge in [-0.25, -0.2) is 0 Å². The highest BCUT2D eigenvalue weighted by Crippen LogP contribution is 2.42. The first kappa shape index (κ1) is 12.4. The Morgan fingerprint density at radius 1 is 1.12 bits per heavy atom. The van der Waals surface area contributed by atoms with Crippen molar-refractivity contribution in [3.63, 3.8) is 0 Å². The molecule has 1 spiro atoms. The van der Waals surface area contributed by atoms with Crippen molar-refractivity contribution in [2.24, 2.45) is 5.41 Å². The molecule has 0 aromatic heterocycles. The molecular weight excluding hydrogens is 198 g/mol. The summed E-state index contributed by atoms with van der Waals surface area (Å²) in [6, 6.07) is 0. The predicted molar refractivity (Wildman–Crippen MR) is 67.5 cm³/mol. The van der Waals surface area contributed by atoms with Crippen LogP contribution >= 0.6 is 0 Å².